The van der Waals surface area contributed by atoms with Crippen LogP contribution in [0.25, 0.3) is 0 Å². The van der Waals surface area contributed by atoms with E-state index < -0.39 is 12.1 Å². The van der Waals surface area contributed by atoms with Crippen molar-refractivity contribution in [1.29, 1.82) is 0 Å². The Kier molecular flexibility index (Phi) is 12.1. The van der Waals surface area contributed by atoms with Crippen LogP contribution in [0, 0.1) is 5.92 Å². The number of carbonyl (C=O) groups is 2. The van der Waals surface area contributed by atoms with Gasteiger partial charge < -0.3 is 44.5 Å². The predicted molar refractivity (Wildman–Crippen MR) is 170 cm³/mol. The zero-order chi connectivity index (χ0) is 31.6. The number of ether oxygens (including phenoxy) is 4. The Balaban J connectivity index is 1.59. The number of rotatable bonds is 8. The van der Waals surface area contributed by atoms with Gasteiger partial charge in [-0.15, -0.1) is 0 Å². The molecule has 4 atom stereocenters. The molecule has 44 heavy (non-hydrogen) atoms. The van der Waals surface area contributed by atoms with Crippen LogP contribution in [0.5, 0.6) is 17.2 Å². The summed E-state index contributed by atoms with van der Waals surface area (Å²) in [6, 6.07) is 9.31. The third-order valence-electron chi connectivity index (χ3n) is 8.04. The van der Waals surface area contributed by atoms with Gasteiger partial charge in [0.05, 0.1) is 30.4 Å². The highest BCUT2D eigenvalue weighted by molar-refractivity contribution is 6.02. The molecule has 2 heterocycles. The van der Waals surface area contributed by atoms with Gasteiger partial charge in [-0.05, 0) is 83.5 Å². The second-order valence-electron chi connectivity index (χ2n) is 11.9. The van der Waals surface area contributed by atoms with E-state index in [2.05, 4.69) is 36.4 Å². The van der Waals surface area contributed by atoms with E-state index in [1.807, 2.05) is 13.8 Å². The van der Waals surface area contributed by atoms with Crippen LogP contribution in [0.1, 0.15) is 63.7 Å². The van der Waals surface area contributed by atoms with Crippen molar-refractivity contribution in [2.75, 3.05) is 57.3 Å². The molecule has 2 aliphatic rings. The molecule has 242 valence electrons. The lowest BCUT2D eigenvalue weighted by molar-refractivity contribution is -0.0167. The summed E-state index contributed by atoms with van der Waals surface area (Å²) in [5, 5.41) is 15.8. The van der Waals surface area contributed by atoms with Crippen LogP contribution in [-0.4, -0.2) is 91.8 Å². The highest BCUT2D eigenvalue weighted by Crippen LogP contribution is 2.34. The van der Waals surface area contributed by atoms with Crippen LogP contribution < -0.4 is 24.8 Å². The zero-order valence-corrected chi connectivity index (χ0v) is 26.6. The monoisotopic (exact) mass is 612 g/mol. The molecule has 0 saturated heterocycles. The summed E-state index contributed by atoms with van der Waals surface area (Å²) >= 11 is 0. The lowest BCUT2D eigenvalue weighted by atomic mass is 10.0. The summed E-state index contributed by atoms with van der Waals surface area (Å²) < 4.78 is 23.4. The first-order chi connectivity index (χ1) is 21.2. The van der Waals surface area contributed by atoms with Crippen molar-refractivity contribution in [2.24, 2.45) is 5.92 Å². The first kappa shape index (κ1) is 33.4. The summed E-state index contributed by atoms with van der Waals surface area (Å²) in [5.41, 5.74) is 1.29. The van der Waals surface area contributed by atoms with Crippen LogP contribution in [0.2, 0.25) is 0 Å². The molecule has 3 N–H and O–H groups in total. The van der Waals surface area contributed by atoms with Crippen molar-refractivity contribution >= 4 is 23.3 Å². The lowest BCUT2D eigenvalue weighted by Crippen LogP contribution is -2.47. The minimum absolute atomic E-state index is 0.00674. The molecule has 0 fully saturated rings. The molecule has 0 saturated carbocycles. The van der Waals surface area contributed by atoms with E-state index in [1.54, 1.807) is 41.3 Å². The number of aliphatic hydroxyl groups is 1. The molecule has 3 amide bonds. The van der Waals surface area contributed by atoms with E-state index >= 15 is 0 Å². The van der Waals surface area contributed by atoms with E-state index in [0.717, 1.165) is 38.8 Å². The van der Waals surface area contributed by atoms with Gasteiger partial charge in [0.25, 0.3) is 5.91 Å². The van der Waals surface area contributed by atoms with Crippen LogP contribution in [0.15, 0.2) is 36.4 Å². The third-order valence-corrected chi connectivity index (χ3v) is 8.04. The Hall–Kier alpha value is -3.54. The molecule has 0 unspecified atom stereocenters. The van der Waals surface area contributed by atoms with Gasteiger partial charge >= 0.3 is 6.03 Å². The molecule has 2 aliphatic heterocycles. The maximum absolute atomic E-state index is 14.3. The highest BCUT2D eigenvalue weighted by Gasteiger charge is 2.30. The van der Waals surface area contributed by atoms with E-state index in [9.17, 15) is 14.7 Å². The minimum Gasteiger partial charge on any atom is -0.490 e. The zero-order valence-electron chi connectivity index (χ0n) is 26.6. The first-order valence-corrected chi connectivity index (χ1v) is 15.7. The molecule has 2 aromatic carbocycles. The topological polar surface area (TPSA) is 122 Å². The number of nitrogens with one attached hydrogen (secondary N) is 2. The van der Waals surface area contributed by atoms with Crippen molar-refractivity contribution in [3.05, 3.63) is 42.0 Å². The maximum Gasteiger partial charge on any atom is 0.323 e. The van der Waals surface area contributed by atoms with Gasteiger partial charge in [-0.25, -0.2) is 4.79 Å². The number of anilines is 2. The summed E-state index contributed by atoms with van der Waals surface area (Å²) in [6.45, 7) is 10.8. The number of fused-ring (bicyclic) bond motifs is 2. The van der Waals surface area contributed by atoms with E-state index in [-0.39, 0.29) is 37.4 Å². The number of amides is 3. The molecule has 11 heteroatoms. The SMILES string of the molecule is CCCN(C)C[C@@H]1OCCCC[C@H](C)Oc2ccc(NC(=O)Nc3ccc4c(c3)OCO4)cc2C(=O)N([C@H](C)CO)C[C@@H]1C. The Morgan fingerprint density at radius 1 is 1.07 bits per heavy atom. The maximum atomic E-state index is 14.3. The second kappa shape index (κ2) is 16.0. The van der Waals surface area contributed by atoms with Crippen molar-refractivity contribution in [3.8, 4) is 17.2 Å². The average molecular weight is 613 g/mol. The van der Waals surface area contributed by atoms with Crippen LogP contribution in [-0.2, 0) is 4.74 Å². The average Bonchev–Trinajstić information content (AvgIpc) is 3.46. The van der Waals surface area contributed by atoms with Gasteiger partial charge in [0.15, 0.2) is 11.5 Å². The molecule has 0 bridgehead atoms. The standard InChI is InChI=1S/C33H48N4O7/c1-6-14-36(5)19-31-22(2)18-37(23(3)20-38)32(39)27-16-25(10-12-28(27)44-24(4)9-7-8-15-41-31)34-33(40)35-26-11-13-29-30(17-26)43-21-42-29/h10-13,16-17,22-24,31,38H,6-9,14-15,18-21H2,1-5H3,(H2,34,35,40)/t22-,23+,24-,31-/m0/s1. The fourth-order valence-corrected chi connectivity index (χ4v) is 5.51. The summed E-state index contributed by atoms with van der Waals surface area (Å²) in [7, 11) is 2.09. The molecular weight excluding hydrogens is 564 g/mol. The molecule has 0 aromatic heterocycles. The Morgan fingerprint density at radius 2 is 1.77 bits per heavy atom. The molecule has 0 spiro atoms. The fourth-order valence-electron chi connectivity index (χ4n) is 5.51. The van der Waals surface area contributed by atoms with E-state index in [0.29, 0.717) is 47.3 Å². The first-order valence-electron chi connectivity index (χ1n) is 15.7. The largest absolute Gasteiger partial charge is 0.490 e. The molecule has 2 aromatic rings. The fraction of sp³-hybridized carbons (Fsp3) is 0.576. The normalized spacial score (nSPS) is 21.7. The van der Waals surface area contributed by atoms with Gasteiger partial charge in [-0.2, -0.15) is 0 Å². The summed E-state index contributed by atoms with van der Waals surface area (Å²) in [4.78, 5) is 31.1. The van der Waals surface area contributed by atoms with Gasteiger partial charge in [-0.3, -0.25) is 4.79 Å². The number of urea groups is 1. The number of hydrogen-bond acceptors (Lipinski definition) is 8. The predicted octanol–water partition coefficient (Wildman–Crippen LogP) is 5.20. The summed E-state index contributed by atoms with van der Waals surface area (Å²) in [6.07, 6.45) is 3.50. The van der Waals surface area contributed by atoms with Crippen LogP contribution in [0.3, 0.4) is 0 Å². The van der Waals surface area contributed by atoms with Crippen LogP contribution >= 0.6 is 0 Å². The van der Waals surface area contributed by atoms with Crippen molar-refractivity contribution < 1.29 is 33.6 Å². The van der Waals surface area contributed by atoms with E-state index in [1.165, 1.54) is 0 Å². The summed E-state index contributed by atoms with van der Waals surface area (Å²) in [5.74, 6) is 1.35. The Bertz CT molecular complexity index is 1260. The van der Waals surface area contributed by atoms with Gasteiger partial charge in [-0.1, -0.05) is 13.8 Å². The van der Waals surface area contributed by atoms with Crippen molar-refractivity contribution in [2.45, 2.75) is 71.6 Å². The lowest BCUT2D eigenvalue weighted by Gasteiger charge is -2.35. The second-order valence-corrected chi connectivity index (χ2v) is 11.9. The number of benzene rings is 2. The van der Waals surface area contributed by atoms with Crippen molar-refractivity contribution in [1.82, 2.24) is 9.80 Å². The Morgan fingerprint density at radius 3 is 2.50 bits per heavy atom. The van der Waals surface area contributed by atoms with E-state index in [4.69, 9.17) is 18.9 Å². The number of likely N-dealkylation sites (N-methyl/N-ethyl adjacent to an activating group) is 1. The van der Waals surface area contributed by atoms with Gasteiger partial charge in [0.2, 0.25) is 6.79 Å². The molecular formula is C33H48N4O7. The van der Waals surface area contributed by atoms with Gasteiger partial charge in [0.1, 0.15) is 5.75 Å². The molecule has 11 nitrogen and oxygen atoms in total. The third kappa shape index (κ3) is 8.99. The number of carbonyl (C=O) groups excluding carboxylic acids is 2. The number of aliphatic hydroxyl groups excluding tert-OH is 1. The minimum atomic E-state index is -0.475. The van der Waals surface area contributed by atoms with Gasteiger partial charge in [0, 0.05) is 43.1 Å². The molecule has 4 rings (SSSR count). The highest BCUT2D eigenvalue weighted by atomic mass is 16.7. The van der Waals surface area contributed by atoms with Crippen molar-refractivity contribution in [3.63, 3.8) is 0 Å². The Labute approximate surface area is 260 Å². The number of nitrogens with zero attached hydrogens (tertiary/aromatic N) is 2. The molecule has 0 radical (unpaired) electrons. The smallest absolute Gasteiger partial charge is 0.323 e. The van der Waals surface area contributed by atoms with Crippen LogP contribution in [0.4, 0.5) is 16.2 Å². The molecule has 0 aliphatic carbocycles. The quantitative estimate of drug-likeness (QED) is 0.372. The number of hydrogen-bond donors (Lipinski definition) is 3.